The fourth-order valence-corrected chi connectivity index (χ4v) is 3.14. The lowest BCUT2D eigenvalue weighted by atomic mass is 9.96. The van der Waals surface area contributed by atoms with Crippen LogP contribution in [-0.2, 0) is 0 Å². The summed E-state index contributed by atoms with van der Waals surface area (Å²) < 4.78 is 33.9. The highest BCUT2D eigenvalue weighted by molar-refractivity contribution is 5.70. The molecule has 0 N–H and O–H groups in total. The van der Waals surface area contributed by atoms with Crippen LogP contribution in [0.1, 0.15) is 38.2 Å². The monoisotopic (exact) mass is 345 g/mol. The molecule has 1 aliphatic carbocycles. The van der Waals surface area contributed by atoms with Crippen molar-refractivity contribution in [3.63, 3.8) is 0 Å². The molecular weight excluding hydrogens is 320 g/mol. The molecule has 0 aliphatic heterocycles. The molecule has 0 unspecified atom stereocenters. The summed E-state index contributed by atoms with van der Waals surface area (Å²) >= 11 is 0. The third kappa shape index (κ3) is 4.18. The van der Waals surface area contributed by atoms with Crippen molar-refractivity contribution in [2.45, 2.75) is 32.6 Å². The average molecular weight is 345 g/mol. The zero-order valence-electron chi connectivity index (χ0n) is 14.9. The molecule has 2 aromatic carbocycles. The quantitative estimate of drug-likeness (QED) is 0.649. The number of halogens is 2. The Morgan fingerprint density at radius 2 is 1.68 bits per heavy atom. The minimum Gasteiger partial charge on any atom is -0.492 e. The SMILES string of the molecule is CCN(CC)CCOc1ccc(-c2c(C3CC3)ccc(F)c2F)cc1. The van der Waals surface area contributed by atoms with E-state index in [0.717, 1.165) is 43.8 Å². The molecule has 0 radical (unpaired) electrons. The molecule has 0 saturated heterocycles. The summed E-state index contributed by atoms with van der Waals surface area (Å²) in [5.41, 5.74) is 2.02. The van der Waals surface area contributed by atoms with Gasteiger partial charge in [0.15, 0.2) is 11.6 Å². The van der Waals surface area contributed by atoms with E-state index in [-0.39, 0.29) is 0 Å². The van der Waals surface area contributed by atoms with Gasteiger partial charge in [0.25, 0.3) is 0 Å². The Labute approximate surface area is 148 Å². The van der Waals surface area contributed by atoms with Crippen LogP contribution in [0, 0.1) is 11.6 Å². The van der Waals surface area contributed by atoms with Gasteiger partial charge in [0.05, 0.1) is 0 Å². The van der Waals surface area contributed by atoms with Gasteiger partial charge in [-0.1, -0.05) is 32.0 Å². The highest BCUT2D eigenvalue weighted by Crippen LogP contribution is 2.45. The predicted octanol–water partition coefficient (Wildman–Crippen LogP) is 5.23. The summed E-state index contributed by atoms with van der Waals surface area (Å²) in [7, 11) is 0. The van der Waals surface area contributed by atoms with Crippen LogP contribution in [0.5, 0.6) is 5.75 Å². The number of benzene rings is 2. The van der Waals surface area contributed by atoms with E-state index in [1.54, 1.807) is 6.07 Å². The van der Waals surface area contributed by atoms with E-state index in [1.165, 1.54) is 6.07 Å². The van der Waals surface area contributed by atoms with Crippen LogP contribution in [0.25, 0.3) is 11.1 Å². The van der Waals surface area contributed by atoms with Gasteiger partial charge in [-0.3, -0.25) is 0 Å². The standard InChI is InChI=1S/C21H25F2NO/c1-3-24(4-2)13-14-25-17-9-7-16(8-10-17)20-18(15-5-6-15)11-12-19(22)21(20)23/h7-12,15H,3-6,13-14H2,1-2H3. The van der Waals surface area contributed by atoms with E-state index in [4.69, 9.17) is 4.74 Å². The Bertz CT molecular complexity index is 707. The third-order valence-electron chi connectivity index (χ3n) is 4.86. The van der Waals surface area contributed by atoms with Crippen LogP contribution < -0.4 is 4.74 Å². The summed E-state index contributed by atoms with van der Waals surface area (Å²) in [4.78, 5) is 2.29. The number of likely N-dealkylation sites (N-methyl/N-ethyl adjacent to an activating group) is 1. The lowest BCUT2D eigenvalue weighted by Crippen LogP contribution is -2.27. The smallest absolute Gasteiger partial charge is 0.166 e. The minimum atomic E-state index is -0.793. The molecular formula is C21H25F2NO. The Hall–Kier alpha value is -1.94. The van der Waals surface area contributed by atoms with Crippen LogP contribution in [0.2, 0.25) is 0 Å². The van der Waals surface area contributed by atoms with Crippen molar-refractivity contribution in [3.05, 3.63) is 53.6 Å². The van der Waals surface area contributed by atoms with Gasteiger partial charge in [0.2, 0.25) is 0 Å². The Balaban J connectivity index is 1.74. The van der Waals surface area contributed by atoms with Crippen molar-refractivity contribution in [1.82, 2.24) is 4.90 Å². The maximum absolute atomic E-state index is 14.4. The van der Waals surface area contributed by atoms with Gasteiger partial charge in [0, 0.05) is 12.1 Å². The Morgan fingerprint density at radius 3 is 2.28 bits per heavy atom. The Morgan fingerprint density at radius 1 is 1.00 bits per heavy atom. The molecule has 3 rings (SSSR count). The van der Waals surface area contributed by atoms with Gasteiger partial charge in [0.1, 0.15) is 12.4 Å². The molecule has 2 nitrogen and oxygen atoms in total. The first-order valence-electron chi connectivity index (χ1n) is 9.07. The summed E-state index contributed by atoms with van der Waals surface area (Å²) in [6.07, 6.45) is 2.09. The second-order valence-corrected chi connectivity index (χ2v) is 6.50. The second-order valence-electron chi connectivity index (χ2n) is 6.50. The van der Waals surface area contributed by atoms with E-state index in [2.05, 4.69) is 18.7 Å². The maximum atomic E-state index is 14.4. The fraction of sp³-hybridized carbons (Fsp3) is 0.429. The van der Waals surface area contributed by atoms with Crippen molar-refractivity contribution < 1.29 is 13.5 Å². The Kier molecular flexibility index (Phi) is 5.69. The molecule has 0 heterocycles. The van der Waals surface area contributed by atoms with Gasteiger partial charge >= 0.3 is 0 Å². The molecule has 1 aliphatic rings. The maximum Gasteiger partial charge on any atom is 0.166 e. The average Bonchev–Trinajstić information content (AvgIpc) is 3.47. The van der Waals surface area contributed by atoms with Crippen LogP contribution in [0.3, 0.4) is 0 Å². The number of rotatable bonds is 8. The first-order chi connectivity index (χ1) is 12.1. The van der Waals surface area contributed by atoms with Gasteiger partial charge in [-0.25, -0.2) is 8.78 Å². The second kappa shape index (κ2) is 7.96. The number of hydrogen-bond acceptors (Lipinski definition) is 2. The van der Waals surface area contributed by atoms with Crippen LogP contribution in [0.15, 0.2) is 36.4 Å². The first kappa shape index (κ1) is 17.9. The van der Waals surface area contributed by atoms with Crippen molar-refractivity contribution in [3.8, 4) is 16.9 Å². The molecule has 2 aromatic rings. The van der Waals surface area contributed by atoms with E-state index < -0.39 is 11.6 Å². The number of ether oxygens (including phenoxy) is 1. The van der Waals surface area contributed by atoms with Crippen molar-refractivity contribution >= 4 is 0 Å². The fourth-order valence-electron chi connectivity index (χ4n) is 3.14. The summed E-state index contributed by atoms with van der Waals surface area (Å²) in [6.45, 7) is 7.75. The van der Waals surface area contributed by atoms with E-state index >= 15 is 0 Å². The lowest BCUT2D eigenvalue weighted by Gasteiger charge is -2.18. The molecule has 4 heteroatoms. The van der Waals surface area contributed by atoms with Gasteiger partial charge in [-0.2, -0.15) is 0 Å². The highest BCUT2D eigenvalue weighted by Gasteiger charge is 2.29. The molecule has 25 heavy (non-hydrogen) atoms. The van der Waals surface area contributed by atoms with Crippen LogP contribution in [-0.4, -0.2) is 31.1 Å². The molecule has 0 amide bonds. The molecule has 1 fully saturated rings. The van der Waals surface area contributed by atoms with Gasteiger partial charge in [-0.05, 0) is 61.2 Å². The summed E-state index contributed by atoms with van der Waals surface area (Å²) in [5.74, 6) is -0.436. The van der Waals surface area contributed by atoms with Crippen molar-refractivity contribution in [1.29, 1.82) is 0 Å². The minimum absolute atomic E-state index is 0.357. The highest BCUT2D eigenvalue weighted by atomic mass is 19.2. The topological polar surface area (TPSA) is 12.5 Å². The molecule has 1 saturated carbocycles. The van der Waals surface area contributed by atoms with Gasteiger partial charge in [-0.15, -0.1) is 0 Å². The third-order valence-corrected chi connectivity index (χ3v) is 4.86. The summed E-state index contributed by atoms with van der Waals surface area (Å²) in [5, 5.41) is 0. The summed E-state index contributed by atoms with van der Waals surface area (Å²) in [6, 6.07) is 10.3. The van der Waals surface area contributed by atoms with Crippen LogP contribution in [0.4, 0.5) is 8.78 Å². The van der Waals surface area contributed by atoms with E-state index in [9.17, 15) is 8.78 Å². The predicted molar refractivity (Wildman–Crippen MR) is 97.1 cm³/mol. The molecule has 0 bridgehead atoms. The van der Waals surface area contributed by atoms with E-state index in [1.807, 2.05) is 24.3 Å². The normalized spacial score (nSPS) is 14.1. The molecule has 0 spiro atoms. The first-order valence-corrected chi connectivity index (χ1v) is 9.07. The number of hydrogen-bond donors (Lipinski definition) is 0. The van der Waals surface area contributed by atoms with Crippen LogP contribution >= 0.6 is 0 Å². The lowest BCUT2D eigenvalue weighted by molar-refractivity contribution is 0.223. The number of nitrogens with zero attached hydrogens (tertiary/aromatic N) is 1. The molecule has 0 atom stereocenters. The van der Waals surface area contributed by atoms with Crippen molar-refractivity contribution in [2.75, 3.05) is 26.2 Å². The zero-order chi connectivity index (χ0) is 17.8. The molecule has 0 aromatic heterocycles. The largest absolute Gasteiger partial charge is 0.492 e. The van der Waals surface area contributed by atoms with Gasteiger partial charge < -0.3 is 9.64 Å². The zero-order valence-corrected chi connectivity index (χ0v) is 14.9. The molecule has 134 valence electrons. The van der Waals surface area contributed by atoms with E-state index in [0.29, 0.717) is 23.7 Å². The van der Waals surface area contributed by atoms with Crippen molar-refractivity contribution in [2.24, 2.45) is 0 Å².